The van der Waals surface area contributed by atoms with E-state index in [0.29, 0.717) is 12.3 Å². The highest BCUT2D eigenvalue weighted by molar-refractivity contribution is 5.76. The normalized spacial score (nSPS) is 17.8. The quantitative estimate of drug-likeness (QED) is 0.676. The van der Waals surface area contributed by atoms with E-state index < -0.39 is 0 Å². The van der Waals surface area contributed by atoms with Crippen molar-refractivity contribution in [2.45, 2.75) is 39.5 Å². The SMILES string of the molecule is CCCC(C)CC(=O)NCC1=CCNCC1. The lowest BCUT2D eigenvalue weighted by Gasteiger charge is -2.15. The molecule has 0 fully saturated rings. The molecule has 0 aromatic carbocycles. The van der Waals surface area contributed by atoms with E-state index in [1.165, 1.54) is 5.57 Å². The summed E-state index contributed by atoms with van der Waals surface area (Å²) >= 11 is 0. The van der Waals surface area contributed by atoms with Gasteiger partial charge in [-0.2, -0.15) is 0 Å². The molecule has 0 saturated carbocycles. The van der Waals surface area contributed by atoms with Crippen molar-refractivity contribution in [3.05, 3.63) is 11.6 Å². The Morgan fingerprint density at radius 3 is 3.06 bits per heavy atom. The molecule has 1 heterocycles. The maximum atomic E-state index is 11.6. The standard InChI is InChI=1S/C13H24N2O/c1-3-4-11(2)9-13(16)15-10-12-5-7-14-8-6-12/h5,11,14H,3-4,6-10H2,1-2H3,(H,15,16). The van der Waals surface area contributed by atoms with Crippen molar-refractivity contribution in [3.8, 4) is 0 Å². The van der Waals surface area contributed by atoms with E-state index in [-0.39, 0.29) is 5.91 Å². The summed E-state index contributed by atoms with van der Waals surface area (Å²) in [6, 6.07) is 0. The van der Waals surface area contributed by atoms with Crippen LogP contribution in [0.5, 0.6) is 0 Å². The van der Waals surface area contributed by atoms with Crippen molar-refractivity contribution < 1.29 is 4.79 Å². The molecule has 0 aliphatic carbocycles. The van der Waals surface area contributed by atoms with Crippen LogP contribution in [-0.4, -0.2) is 25.5 Å². The second-order valence-electron chi connectivity index (χ2n) is 4.69. The lowest BCUT2D eigenvalue weighted by molar-refractivity contribution is -0.121. The van der Waals surface area contributed by atoms with Gasteiger partial charge < -0.3 is 10.6 Å². The maximum Gasteiger partial charge on any atom is 0.220 e. The van der Waals surface area contributed by atoms with Gasteiger partial charge in [0.15, 0.2) is 0 Å². The molecule has 16 heavy (non-hydrogen) atoms. The highest BCUT2D eigenvalue weighted by Crippen LogP contribution is 2.09. The van der Waals surface area contributed by atoms with Crippen molar-refractivity contribution in [3.63, 3.8) is 0 Å². The number of carbonyl (C=O) groups is 1. The molecule has 1 amide bonds. The van der Waals surface area contributed by atoms with Gasteiger partial charge in [-0.15, -0.1) is 0 Å². The van der Waals surface area contributed by atoms with E-state index in [0.717, 1.165) is 38.9 Å². The number of amides is 1. The van der Waals surface area contributed by atoms with Crippen molar-refractivity contribution in [1.29, 1.82) is 0 Å². The molecule has 3 heteroatoms. The molecular formula is C13H24N2O. The Morgan fingerprint density at radius 1 is 1.62 bits per heavy atom. The summed E-state index contributed by atoms with van der Waals surface area (Å²) in [6.07, 6.45) is 6.20. The number of carbonyl (C=O) groups excluding carboxylic acids is 1. The van der Waals surface area contributed by atoms with Crippen LogP contribution in [-0.2, 0) is 4.79 Å². The van der Waals surface area contributed by atoms with Crippen LogP contribution in [0.3, 0.4) is 0 Å². The molecular weight excluding hydrogens is 200 g/mol. The molecule has 92 valence electrons. The van der Waals surface area contributed by atoms with Gasteiger partial charge in [-0.3, -0.25) is 4.79 Å². The van der Waals surface area contributed by atoms with Crippen molar-refractivity contribution in [1.82, 2.24) is 10.6 Å². The average molecular weight is 224 g/mol. The first-order valence-corrected chi connectivity index (χ1v) is 6.37. The second kappa shape index (κ2) is 7.44. The second-order valence-corrected chi connectivity index (χ2v) is 4.69. The third-order valence-corrected chi connectivity index (χ3v) is 2.99. The summed E-state index contributed by atoms with van der Waals surface area (Å²) in [5.41, 5.74) is 1.36. The highest BCUT2D eigenvalue weighted by atomic mass is 16.1. The van der Waals surface area contributed by atoms with E-state index >= 15 is 0 Å². The first-order valence-electron chi connectivity index (χ1n) is 6.37. The lowest BCUT2D eigenvalue weighted by Crippen LogP contribution is -2.30. The van der Waals surface area contributed by atoms with Gasteiger partial charge in [-0.05, 0) is 18.9 Å². The molecule has 0 radical (unpaired) electrons. The van der Waals surface area contributed by atoms with Crippen LogP contribution in [0.4, 0.5) is 0 Å². The molecule has 0 saturated heterocycles. The number of hydrogen-bond donors (Lipinski definition) is 2. The maximum absolute atomic E-state index is 11.6. The zero-order valence-electron chi connectivity index (χ0n) is 10.5. The van der Waals surface area contributed by atoms with Gasteiger partial charge in [0.2, 0.25) is 5.91 Å². The van der Waals surface area contributed by atoms with Crippen LogP contribution in [0.1, 0.15) is 39.5 Å². The van der Waals surface area contributed by atoms with Crippen LogP contribution in [0.15, 0.2) is 11.6 Å². The van der Waals surface area contributed by atoms with Crippen LogP contribution in [0, 0.1) is 5.92 Å². The molecule has 0 spiro atoms. The number of hydrogen-bond acceptors (Lipinski definition) is 2. The molecule has 0 aromatic rings. The number of rotatable bonds is 6. The predicted octanol–water partition coefficient (Wildman–Crippen LogP) is 1.85. The largest absolute Gasteiger partial charge is 0.352 e. The Bertz CT molecular complexity index is 248. The fraction of sp³-hybridized carbons (Fsp3) is 0.769. The summed E-state index contributed by atoms with van der Waals surface area (Å²) < 4.78 is 0. The van der Waals surface area contributed by atoms with Gasteiger partial charge in [0.05, 0.1) is 0 Å². The first-order chi connectivity index (χ1) is 7.72. The van der Waals surface area contributed by atoms with Gasteiger partial charge >= 0.3 is 0 Å². The molecule has 1 atom stereocenters. The Morgan fingerprint density at radius 2 is 2.44 bits per heavy atom. The van der Waals surface area contributed by atoms with Gasteiger partial charge in [0, 0.05) is 19.5 Å². The van der Waals surface area contributed by atoms with Crippen molar-refractivity contribution in [2.24, 2.45) is 5.92 Å². The minimum Gasteiger partial charge on any atom is -0.352 e. The molecule has 1 aliphatic heterocycles. The minimum absolute atomic E-state index is 0.195. The lowest BCUT2D eigenvalue weighted by atomic mass is 10.0. The molecule has 1 rings (SSSR count). The van der Waals surface area contributed by atoms with Gasteiger partial charge in [-0.25, -0.2) is 0 Å². The fourth-order valence-corrected chi connectivity index (χ4v) is 2.03. The molecule has 0 aromatic heterocycles. The smallest absolute Gasteiger partial charge is 0.220 e. The predicted molar refractivity (Wildman–Crippen MR) is 67.3 cm³/mol. The van der Waals surface area contributed by atoms with Crippen molar-refractivity contribution in [2.75, 3.05) is 19.6 Å². The molecule has 1 aliphatic rings. The van der Waals surface area contributed by atoms with E-state index in [1.807, 2.05) is 0 Å². The summed E-state index contributed by atoms with van der Waals surface area (Å²) in [5, 5.41) is 6.27. The molecule has 0 bridgehead atoms. The van der Waals surface area contributed by atoms with Gasteiger partial charge in [0.1, 0.15) is 0 Å². The zero-order valence-corrected chi connectivity index (χ0v) is 10.5. The Hall–Kier alpha value is -0.830. The zero-order chi connectivity index (χ0) is 11.8. The van der Waals surface area contributed by atoms with Crippen LogP contribution in [0.25, 0.3) is 0 Å². The van der Waals surface area contributed by atoms with Crippen LogP contribution >= 0.6 is 0 Å². The summed E-state index contributed by atoms with van der Waals surface area (Å²) in [7, 11) is 0. The monoisotopic (exact) mass is 224 g/mol. The topological polar surface area (TPSA) is 41.1 Å². The third-order valence-electron chi connectivity index (χ3n) is 2.99. The molecule has 2 N–H and O–H groups in total. The van der Waals surface area contributed by atoms with E-state index in [9.17, 15) is 4.79 Å². The Balaban J connectivity index is 2.16. The summed E-state index contributed by atoms with van der Waals surface area (Å²) in [6.45, 7) is 7.02. The molecule has 3 nitrogen and oxygen atoms in total. The van der Waals surface area contributed by atoms with Crippen LogP contribution < -0.4 is 10.6 Å². The van der Waals surface area contributed by atoms with E-state index in [2.05, 4.69) is 30.6 Å². The fourth-order valence-electron chi connectivity index (χ4n) is 2.03. The Kier molecular flexibility index (Phi) is 6.16. The summed E-state index contributed by atoms with van der Waals surface area (Å²) in [5.74, 6) is 0.701. The molecule has 1 unspecified atom stereocenters. The minimum atomic E-state index is 0.195. The van der Waals surface area contributed by atoms with E-state index in [4.69, 9.17) is 0 Å². The summed E-state index contributed by atoms with van der Waals surface area (Å²) in [4.78, 5) is 11.6. The third kappa shape index (κ3) is 5.31. The first kappa shape index (κ1) is 13.2. The van der Waals surface area contributed by atoms with E-state index in [1.54, 1.807) is 0 Å². The average Bonchev–Trinajstić information content (AvgIpc) is 2.28. The van der Waals surface area contributed by atoms with Crippen LogP contribution in [0.2, 0.25) is 0 Å². The van der Waals surface area contributed by atoms with Gasteiger partial charge in [-0.1, -0.05) is 38.3 Å². The number of nitrogens with one attached hydrogen (secondary N) is 2. The highest BCUT2D eigenvalue weighted by Gasteiger charge is 2.09. The van der Waals surface area contributed by atoms with Gasteiger partial charge in [0.25, 0.3) is 0 Å². The Labute approximate surface area is 98.7 Å². The van der Waals surface area contributed by atoms with Crippen molar-refractivity contribution >= 4 is 5.91 Å².